The minimum absolute atomic E-state index is 0.279. The van der Waals surface area contributed by atoms with Crippen LogP contribution in [-0.4, -0.2) is 5.78 Å². The molecule has 0 saturated heterocycles. The Morgan fingerprint density at radius 3 is 2.70 bits per heavy atom. The second-order valence-corrected chi connectivity index (χ2v) is 8.61. The second kappa shape index (κ2) is 5.66. The van der Waals surface area contributed by atoms with Crippen molar-refractivity contribution in [3.8, 4) is 0 Å². The summed E-state index contributed by atoms with van der Waals surface area (Å²) >= 11 is 0. The molecule has 3 unspecified atom stereocenters. The second-order valence-electron chi connectivity index (χ2n) is 8.61. The van der Waals surface area contributed by atoms with Crippen LogP contribution in [0.15, 0.2) is 12.2 Å². The molecule has 2 rings (SSSR count). The first-order valence-corrected chi connectivity index (χ1v) is 8.43. The SMILES string of the molecule is C[C@H](/C=C/CC(C)(C)C)C1CCC2C(=O)CCCC21C. The van der Waals surface area contributed by atoms with Gasteiger partial charge in [-0.1, -0.05) is 46.8 Å². The molecule has 0 aromatic heterocycles. The van der Waals surface area contributed by atoms with Crippen molar-refractivity contribution in [2.75, 3.05) is 0 Å². The van der Waals surface area contributed by atoms with Crippen molar-refractivity contribution in [3.05, 3.63) is 12.2 Å². The topological polar surface area (TPSA) is 17.1 Å². The van der Waals surface area contributed by atoms with Crippen LogP contribution in [0.3, 0.4) is 0 Å². The molecule has 0 radical (unpaired) electrons. The number of rotatable bonds is 3. The van der Waals surface area contributed by atoms with Crippen LogP contribution in [-0.2, 0) is 4.79 Å². The summed E-state index contributed by atoms with van der Waals surface area (Å²) in [7, 11) is 0. The molecule has 0 aromatic carbocycles. The van der Waals surface area contributed by atoms with Gasteiger partial charge in [-0.15, -0.1) is 0 Å². The average Bonchev–Trinajstić information content (AvgIpc) is 2.66. The third kappa shape index (κ3) is 3.18. The van der Waals surface area contributed by atoms with Crippen molar-refractivity contribution in [1.29, 1.82) is 0 Å². The molecule has 0 N–H and O–H groups in total. The van der Waals surface area contributed by atoms with Crippen molar-refractivity contribution in [2.45, 2.75) is 73.1 Å². The van der Waals surface area contributed by atoms with E-state index in [2.05, 4.69) is 46.8 Å². The molecule has 0 aromatic rings. The maximum absolute atomic E-state index is 12.2. The first-order valence-electron chi connectivity index (χ1n) is 8.43. The average molecular weight is 276 g/mol. The molecule has 0 heterocycles. The number of Topliss-reactive ketones (excluding diaryl/α,β-unsaturated/α-hetero) is 1. The van der Waals surface area contributed by atoms with E-state index in [0.29, 0.717) is 29.0 Å². The number of hydrogen-bond donors (Lipinski definition) is 0. The van der Waals surface area contributed by atoms with E-state index in [0.717, 1.165) is 25.7 Å². The lowest BCUT2D eigenvalue weighted by atomic mass is 9.62. The van der Waals surface area contributed by atoms with Crippen LogP contribution >= 0.6 is 0 Å². The lowest BCUT2D eigenvalue weighted by Gasteiger charge is -2.41. The first kappa shape index (κ1) is 15.8. The number of allylic oxidation sites excluding steroid dienone is 2. The molecule has 4 atom stereocenters. The lowest BCUT2D eigenvalue weighted by Crippen LogP contribution is -2.39. The van der Waals surface area contributed by atoms with Gasteiger partial charge in [0.05, 0.1) is 0 Å². The van der Waals surface area contributed by atoms with Gasteiger partial charge in [-0.2, -0.15) is 0 Å². The molecule has 2 saturated carbocycles. The van der Waals surface area contributed by atoms with Crippen molar-refractivity contribution in [1.82, 2.24) is 0 Å². The predicted octanol–water partition coefficient (Wildman–Crippen LogP) is 5.40. The Kier molecular flexibility index (Phi) is 4.47. The molecule has 0 spiro atoms. The van der Waals surface area contributed by atoms with Crippen LogP contribution < -0.4 is 0 Å². The molecule has 0 bridgehead atoms. The maximum atomic E-state index is 12.2. The van der Waals surface area contributed by atoms with Gasteiger partial charge in [0.25, 0.3) is 0 Å². The molecular formula is C19H32O. The molecule has 1 heteroatoms. The number of carbonyl (C=O) groups excluding carboxylic acids is 1. The zero-order valence-electron chi connectivity index (χ0n) is 14.0. The Balaban J connectivity index is 2.04. The summed E-state index contributed by atoms with van der Waals surface area (Å²) in [6.07, 6.45) is 11.5. The normalized spacial score (nSPS) is 36.4. The van der Waals surface area contributed by atoms with Gasteiger partial charge < -0.3 is 0 Å². The molecule has 2 aliphatic rings. The highest BCUT2D eigenvalue weighted by Gasteiger charge is 2.51. The standard InChI is InChI=1S/C19H32O/c1-14(8-6-12-18(2,3)4)15-10-11-16-17(20)9-7-13-19(15,16)5/h6,8,14-16H,7,9-13H2,1-5H3/b8-6+/t14-,15?,16?,19?/m1/s1. The fourth-order valence-electron chi connectivity index (χ4n) is 4.60. The molecule has 0 amide bonds. The van der Waals surface area contributed by atoms with Crippen molar-refractivity contribution >= 4 is 5.78 Å². The smallest absolute Gasteiger partial charge is 0.136 e. The van der Waals surface area contributed by atoms with E-state index in [1.807, 2.05) is 0 Å². The number of ketones is 1. The third-order valence-corrected chi connectivity index (χ3v) is 5.74. The van der Waals surface area contributed by atoms with Crippen LogP contribution in [0.1, 0.15) is 73.1 Å². The molecule has 2 fully saturated rings. The van der Waals surface area contributed by atoms with E-state index in [-0.39, 0.29) is 5.41 Å². The largest absolute Gasteiger partial charge is 0.299 e. The number of hydrogen-bond acceptors (Lipinski definition) is 1. The van der Waals surface area contributed by atoms with Crippen LogP contribution in [0.25, 0.3) is 0 Å². The summed E-state index contributed by atoms with van der Waals surface area (Å²) < 4.78 is 0. The molecule has 114 valence electrons. The van der Waals surface area contributed by atoms with Gasteiger partial charge in [-0.3, -0.25) is 4.79 Å². The predicted molar refractivity (Wildman–Crippen MR) is 85.6 cm³/mol. The summed E-state index contributed by atoms with van der Waals surface area (Å²) in [6, 6.07) is 0. The Bertz CT molecular complexity index is 387. The van der Waals surface area contributed by atoms with Crippen LogP contribution in [0, 0.1) is 28.6 Å². The Hall–Kier alpha value is -0.590. The van der Waals surface area contributed by atoms with Crippen molar-refractivity contribution in [3.63, 3.8) is 0 Å². The Morgan fingerprint density at radius 2 is 2.05 bits per heavy atom. The fourth-order valence-corrected chi connectivity index (χ4v) is 4.60. The summed E-state index contributed by atoms with van der Waals surface area (Å²) in [5, 5.41) is 0. The van der Waals surface area contributed by atoms with Gasteiger partial charge in [-0.25, -0.2) is 0 Å². The van der Waals surface area contributed by atoms with Crippen LogP contribution in [0.4, 0.5) is 0 Å². The van der Waals surface area contributed by atoms with Crippen LogP contribution in [0.5, 0.6) is 0 Å². The zero-order valence-corrected chi connectivity index (χ0v) is 14.0. The van der Waals surface area contributed by atoms with Crippen molar-refractivity contribution in [2.24, 2.45) is 28.6 Å². The van der Waals surface area contributed by atoms with E-state index in [9.17, 15) is 4.79 Å². The van der Waals surface area contributed by atoms with Gasteiger partial charge >= 0.3 is 0 Å². The van der Waals surface area contributed by atoms with Gasteiger partial charge in [0, 0.05) is 12.3 Å². The Labute approximate surface area is 125 Å². The highest BCUT2D eigenvalue weighted by molar-refractivity contribution is 5.83. The highest BCUT2D eigenvalue weighted by atomic mass is 16.1. The summed E-state index contributed by atoms with van der Waals surface area (Å²) in [5.41, 5.74) is 0.653. The third-order valence-electron chi connectivity index (χ3n) is 5.74. The van der Waals surface area contributed by atoms with E-state index < -0.39 is 0 Å². The fraction of sp³-hybridized carbons (Fsp3) is 0.842. The van der Waals surface area contributed by atoms with Gasteiger partial charge in [0.15, 0.2) is 0 Å². The summed E-state index contributed by atoms with van der Waals surface area (Å²) in [4.78, 5) is 12.2. The van der Waals surface area contributed by atoms with E-state index in [1.165, 1.54) is 12.8 Å². The van der Waals surface area contributed by atoms with E-state index in [4.69, 9.17) is 0 Å². The molecule has 1 nitrogen and oxygen atoms in total. The lowest BCUT2D eigenvalue weighted by molar-refractivity contribution is -0.129. The van der Waals surface area contributed by atoms with E-state index >= 15 is 0 Å². The van der Waals surface area contributed by atoms with Crippen LogP contribution in [0.2, 0.25) is 0 Å². The minimum Gasteiger partial charge on any atom is -0.299 e. The number of carbonyl (C=O) groups is 1. The molecule has 2 aliphatic carbocycles. The monoisotopic (exact) mass is 276 g/mol. The van der Waals surface area contributed by atoms with Gasteiger partial charge in [-0.05, 0) is 54.8 Å². The zero-order chi connectivity index (χ0) is 15.0. The Morgan fingerprint density at radius 1 is 1.35 bits per heavy atom. The molecule has 0 aliphatic heterocycles. The molecular weight excluding hydrogens is 244 g/mol. The van der Waals surface area contributed by atoms with E-state index in [1.54, 1.807) is 0 Å². The van der Waals surface area contributed by atoms with Crippen molar-refractivity contribution < 1.29 is 4.79 Å². The maximum Gasteiger partial charge on any atom is 0.136 e. The van der Waals surface area contributed by atoms with Gasteiger partial charge in [0.2, 0.25) is 0 Å². The minimum atomic E-state index is 0.279. The quantitative estimate of drug-likeness (QED) is 0.631. The number of fused-ring (bicyclic) bond motifs is 1. The van der Waals surface area contributed by atoms with Gasteiger partial charge in [0.1, 0.15) is 5.78 Å². The first-order chi connectivity index (χ1) is 9.24. The highest BCUT2D eigenvalue weighted by Crippen LogP contribution is 2.56. The molecule has 20 heavy (non-hydrogen) atoms. The summed E-state index contributed by atoms with van der Waals surface area (Å²) in [6.45, 7) is 11.6. The summed E-state index contributed by atoms with van der Waals surface area (Å²) in [5.74, 6) is 2.22.